The molecular weight excluding hydrogens is 258 g/mol. The number of nitrogens with zero attached hydrogens (tertiary/aromatic N) is 3. The van der Waals surface area contributed by atoms with Crippen molar-refractivity contribution in [1.82, 2.24) is 14.8 Å². The average Bonchev–Trinajstić information content (AvgIpc) is 2.72. The Morgan fingerprint density at radius 1 is 1.26 bits per heavy atom. The largest absolute Gasteiger partial charge is 0.341 e. The molecule has 0 atom stereocenters. The molecule has 2 heterocycles. The fourth-order valence-corrected chi connectivity index (χ4v) is 3.44. The number of thiazole rings is 1. The second kappa shape index (κ2) is 6.01. The van der Waals surface area contributed by atoms with Gasteiger partial charge in [-0.3, -0.25) is 9.69 Å². The highest BCUT2D eigenvalue weighted by atomic mass is 32.1. The molecule has 5 heteroatoms. The first kappa shape index (κ1) is 13.1. The number of amides is 1. The van der Waals surface area contributed by atoms with Crippen molar-refractivity contribution in [3.8, 4) is 0 Å². The lowest BCUT2D eigenvalue weighted by molar-refractivity contribution is -0.138. The van der Waals surface area contributed by atoms with E-state index in [1.165, 1.54) is 11.4 Å². The van der Waals surface area contributed by atoms with Gasteiger partial charge in [-0.2, -0.15) is 0 Å². The van der Waals surface area contributed by atoms with Gasteiger partial charge in [-0.25, -0.2) is 4.98 Å². The molecule has 0 unspecified atom stereocenters. The molecule has 3 rings (SSSR count). The highest BCUT2D eigenvalue weighted by Gasteiger charge is 2.30. The number of carbonyl (C=O) groups excluding carboxylic acids is 1. The zero-order valence-electron chi connectivity index (χ0n) is 11.3. The van der Waals surface area contributed by atoms with E-state index in [-0.39, 0.29) is 0 Å². The number of aromatic nitrogens is 1. The Balaban J connectivity index is 1.52. The molecule has 0 bridgehead atoms. The van der Waals surface area contributed by atoms with Crippen LogP contribution in [0.2, 0.25) is 0 Å². The Morgan fingerprint density at radius 3 is 2.84 bits per heavy atom. The summed E-state index contributed by atoms with van der Waals surface area (Å²) in [4.78, 5) is 21.1. The van der Waals surface area contributed by atoms with Crippen molar-refractivity contribution in [2.45, 2.75) is 32.2 Å². The number of hydrogen-bond donors (Lipinski definition) is 0. The minimum Gasteiger partial charge on any atom is -0.341 e. The van der Waals surface area contributed by atoms with Crippen molar-refractivity contribution in [2.24, 2.45) is 5.92 Å². The van der Waals surface area contributed by atoms with E-state index in [9.17, 15) is 4.79 Å². The monoisotopic (exact) mass is 279 g/mol. The normalized spacial score (nSPS) is 22.0. The molecule has 1 amide bonds. The molecule has 0 spiro atoms. The zero-order valence-corrected chi connectivity index (χ0v) is 12.1. The van der Waals surface area contributed by atoms with Crippen molar-refractivity contribution in [2.75, 3.05) is 26.2 Å². The van der Waals surface area contributed by atoms with Gasteiger partial charge in [0.05, 0.1) is 6.54 Å². The lowest BCUT2D eigenvalue weighted by Gasteiger charge is -2.31. The third-order valence-electron chi connectivity index (χ3n) is 4.20. The number of carbonyl (C=O) groups is 1. The highest BCUT2D eigenvalue weighted by molar-refractivity contribution is 7.09. The topological polar surface area (TPSA) is 36.4 Å². The highest BCUT2D eigenvalue weighted by Crippen LogP contribution is 2.28. The van der Waals surface area contributed by atoms with E-state index >= 15 is 0 Å². The molecule has 2 fully saturated rings. The van der Waals surface area contributed by atoms with Crippen LogP contribution in [-0.2, 0) is 11.3 Å². The van der Waals surface area contributed by atoms with Gasteiger partial charge in [0.1, 0.15) is 5.01 Å². The summed E-state index contributed by atoms with van der Waals surface area (Å²) in [6.45, 7) is 4.82. The van der Waals surface area contributed by atoms with Crippen LogP contribution in [-0.4, -0.2) is 46.9 Å². The van der Waals surface area contributed by atoms with Gasteiger partial charge < -0.3 is 4.90 Å². The third-order valence-corrected chi connectivity index (χ3v) is 4.96. The van der Waals surface area contributed by atoms with Gasteiger partial charge in [-0.1, -0.05) is 6.42 Å². The van der Waals surface area contributed by atoms with Gasteiger partial charge in [-0.05, 0) is 19.3 Å². The Morgan fingerprint density at radius 2 is 2.16 bits per heavy atom. The van der Waals surface area contributed by atoms with Gasteiger partial charge in [0.25, 0.3) is 0 Å². The molecule has 2 aliphatic rings. The van der Waals surface area contributed by atoms with Crippen LogP contribution >= 0.6 is 11.3 Å². The van der Waals surface area contributed by atoms with Crippen LogP contribution in [0.15, 0.2) is 11.6 Å². The van der Waals surface area contributed by atoms with Crippen LogP contribution in [0, 0.1) is 5.92 Å². The molecule has 1 saturated carbocycles. The number of hydrogen-bond acceptors (Lipinski definition) is 4. The second-order valence-corrected chi connectivity index (χ2v) is 6.49. The Bertz CT molecular complexity index is 416. The van der Waals surface area contributed by atoms with E-state index in [1.54, 1.807) is 11.3 Å². The van der Waals surface area contributed by atoms with E-state index < -0.39 is 0 Å². The smallest absolute Gasteiger partial charge is 0.225 e. The summed E-state index contributed by atoms with van der Waals surface area (Å²) >= 11 is 1.71. The summed E-state index contributed by atoms with van der Waals surface area (Å²) < 4.78 is 0. The predicted molar refractivity (Wildman–Crippen MR) is 75.9 cm³/mol. The van der Waals surface area contributed by atoms with Crippen molar-refractivity contribution >= 4 is 17.2 Å². The molecule has 1 aromatic rings. The van der Waals surface area contributed by atoms with E-state index in [0.717, 1.165) is 52.0 Å². The van der Waals surface area contributed by atoms with Crippen LogP contribution in [0.25, 0.3) is 0 Å². The van der Waals surface area contributed by atoms with Crippen molar-refractivity contribution in [3.05, 3.63) is 16.6 Å². The fraction of sp³-hybridized carbons (Fsp3) is 0.714. The quantitative estimate of drug-likeness (QED) is 0.849. The van der Waals surface area contributed by atoms with E-state index in [1.807, 2.05) is 11.6 Å². The van der Waals surface area contributed by atoms with Crippen molar-refractivity contribution in [1.29, 1.82) is 0 Å². The van der Waals surface area contributed by atoms with Crippen LogP contribution in [0.5, 0.6) is 0 Å². The summed E-state index contributed by atoms with van der Waals surface area (Å²) in [5, 5.41) is 3.21. The minimum atomic E-state index is 0.338. The molecular formula is C14H21N3OS. The molecule has 0 radical (unpaired) electrons. The van der Waals surface area contributed by atoms with Gasteiger partial charge >= 0.3 is 0 Å². The van der Waals surface area contributed by atoms with Gasteiger partial charge in [-0.15, -0.1) is 11.3 Å². The molecule has 0 aromatic carbocycles. The summed E-state index contributed by atoms with van der Waals surface area (Å²) in [5.74, 6) is 0.743. The molecule has 0 N–H and O–H groups in total. The lowest BCUT2D eigenvalue weighted by Crippen LogP contribution is -2.41. The van der Waals surface area contributed by atoms with Crippen LogP contribution in [0.1, 0.15) is 30.7 Å². The molecule has 104 valence electrons. The summed E-state index contributed by atoms with van der Waals surface area (Å²) in [6, 6.07) is 0. The predicted octanol–water partition coefficient (Wildman–Crippen LogP) is 1.98. The molecule has 1 aliphatic heterocycles. The van der Waals surface area contributed by atoms with Crippen LogP contribution in [0.3, 0.4) is 0 Å². The first-order chi connectivity index (χ1) is 9.33. The van der Waals surface area contributed by atoms with Gasteiger partial charge in [0.2, 0.25) is 5.91 Å². The van der Waals surface area contributed by atoms with E-state index in [2.05, 4.69) is 14.8 Å². The molecule has 1 aromatic heterocycles. The second-order valence-electron chi connectivity index (χ2n) is 5.51. The molecule has 19 heavy (non-hydrogen) atoms. The lowest BCUT2D eigenvalue weighted by atomic mass is 9.84. The molecule has 1 saturated heterocycles. The minimum absolute atomic E-state index is 0.338. The van der Waals surface area contributed by atoms with Crippen LogP contribution < -0.4 is 0 Å². The Kier molecular flexibility index (Phi) is 4.13. The molecule has 1 aliphatic carbocycles. The third kappa shape index (κ3) is 3.15. The van der Waals surface area contributed by atoms with Crippen molar-refractivity contribution < 1.29 is 4.79 Å². The Labute approximate surface area is 118 Å². The Hall–Kier alpha value is -0.940. The van der Waals surface area contributed by atoms with Gasteiger partial charge in [0.15, 0.2) is 0 Å². The summed E-state index contributed by atoms with van der Waals surface area (Å²) in [5.41, 5.74) is 0. The molecule has 4 nitrogen and oxygen atoms in total. The SMILES string of the molecule is O=C(C1CCC1)N1CCCN(Cc2nccs2)CC1. The fourth-order valence-electron chi connectivity index (χ4n) is 2.79. The van der Waals surface area contributed by atoms with Crippen molar-refractivity contribution in [3.63, 3.8) is 0 Å². The van der Waals surface area contributed by atoms with Crippen LogP contribution in [0.4, 0.5) is 0 Å². The summed E-state index contributed by atoms with van der Waals surface area (Å²) in [7, 11) is 0. The number of rotatable bonds is 3. The first-order valence-corrected chi connectivity index (χ1v) is 8.10. The van der Waals surface area contributed by atoms with Gasteiger partial charge in [0, 0.05) is 43.7 Å². The maximum Gasteiger partial charge on any atom is 0.225 e. The maximum absolute atomic E-state index is 12.3. The average molecular weight is 279 g/mol. The zero-order chi connectivity index (χ0) is 13.1. The van der Waals surface area contributed by atoms with E-state index in [4.69, 9.17) is 0 Å². The maximum atomic E-state index is 12.3. The standard InChI is InChI=1S/C14H21N3OS/c18-14(12-3-1-4-12)17-7-2-6-16(8-9-17)11-13-15-5-10-19-13/h5,10,12H,1-4,6-9,11H2. The summed E-state index contributed by atoms with van der Waals surface area (Å²) in [6.07, 6.45) is 6.41. The van der Waals surface area contributed by atoms with E-state index in [0.29, 0.717) is 11.8 Å². The first-order valence-electron chi connectivity index (χ1n) is 7.22.